The summed E-state index contributed by atoms with van der Waals surface area (Å²) in [5.41, 5.74) is 5.88. The molecule has 1 aliphatic heterocycles. The highest BCUT2D eigenvalue weighted by atomic mass is 16.5. The van der Waals surface area contributed by atoms with Crippen molar-refractivity contribution in [2.45, 2.75) is 51.2 Å². The number of carbonyl (C=O) groups excluding carboxylic acids is 1. The first-order valence-electron chi connectivity index (χ1n) is 6.23. The Morgan fingerprint density at radius 3 is 3.00 bits per heavy atom. The van der Waals surface area contributed by atoms with Gasteiger partial charge in [0, 0.05) is 32.7 Å². The van der Waals surface area contributed by atoms with Crippen molar-refractivity contribution in [3.05, 3.63) is 0 Å². The molecule has 4 heteroatoms. The van der Waals surface area contributed by atoms with Crippen LogP contribution in [0.4, 0.5) is 0 Å². The summed E-state index contributed by atoms with van der Waals surface area (Å²) in [5, 5.41) is 0. The molecule has 0 aromatic carbocycles. The lowest BCUT2D eigenvalue weighted by atomic mass is 10.1. The van der Waals surface area contributed by atoms with Crippen LogP contribution in [0.25, 0.3) is 0 Å². The van der Waals surface area contributed by atoms with E-state index in [-0.39, 0.29) is 18.1 Å². The maximum absolute atomic E-state index is 11.9. The molecule has 0 radical (unpaired) electrons. The second-order valence-electron chi connectivity index (χ2n) is 4.59. The zero-order chi connectivity index (χ0) is 12.0. The van der Waals surface area contributed by atoms with Crippen molar-refractivity contribution in [3.63, 3.8) is 0 Å². The van der Waals surface area contributed by atoms with E-state index < -0.39 is 0 Å². The molecular formula is C12H24N2O2. The van der Waals surface area contributed by atoms with Crippen LogP contribution in [0.2, 0.25) is 0 Å². The highest BCUT2D eigenvalue weighted by Gasteiger charge is 2.24. The van der Waals surface area contributed by atoms with Crippen LogP contribution >= 0.6 is 0 Å². The summed E-state index contributed by atoms with van der Waals surface area (Å²) >= 11 is 0. The Hall–Kier alpha value is -0.610. The first kappa shape index (κ1) is 13.5. The van der Waals surface area contributed by atoms with E-state index in [4.69, 9.17) is 10.5 Å². The van der Waals surface area contributed by atoms with Gasteiger partial charge in [-0.05, 0) is 19.3 Å². The largest absolute Gasteiger partial charge is 0.380 e. The number of carbonyl (C=O) groups is 1. The number of hydrogen-bond donors (Lipinski definition) is 1. The highest BCUT2D eigenvalue weighted by Crippen LogP contribution is 2.14. The summed E-state index contributed by atoms with van der Waals surface area (Å²) in [4.78, 5) is 13.8. The molecule has 0 spiro atoms. The molecule has 0 aromatic rings. The third kappa shape index (κ3) is 4.10. The summed E-state index contributed by atoms with van der Waals surface area (Å²) in [6.07, 6.45) is 4.74. The Morgan fingerprint density at radius 1 is 1.62 bits per heavy atom. The third-order valence-electron chi connectivity index (χ3n) is 3.16. The van der Waals surface area contributed by atoms with Gasteiger partial charge in [-0.25, -0.2) is 0 Å². The topological polar surface area (TPSA) is 55.6 Å². The summed E-state index contributed by atoms with van der Waals surface area (Å²) in [6, 6.07) is 0.0143. The minimum atomic E-state index is 0.0143. The van der Waals surface area contributed by atoms with Gasteiger partial charge in [0.05, 0.1) is 6.10 Å². The molecule has 1 rings (SSSR count). The zero-order valence-electron chi connectivity index (χ0n) is 10.4. The van der Waals surface area contributed by atoms with Crippen molar-refractivity contribution in [2.24, 2.45) is 5.73 Å². The van der Waals surface area contributed by atoms with Crippen LogP contribution in [0.3, 0.4) is 0 Å². The fourth-order valence-electron chi connectivity index (χ4n) is 2.18. The molecule has 4 nitrogen and oxygen atoms in total. The minimum absolute atomic E-state index is 0.0143. The number of methoxy groups -OCH3 is 1. The molecule has 2 N–H and O–H groups in total. The van der Waals surface area contributed by atoms with Crippen molar-refractivity contribution in [3.8, 4) is 0 Å². The van der Waals surface area contributed by atoms with Crippen molar-refractivity contribution in [1.29, 1.82) is 0 Å². The fraction of sp³-hybridized carbons (Fsp3) is 0.917. The van der Waals surface area contributed by atoms with Crippen LogP contribution in [-0.2, 0) is 9.53 Å². The maximum atomic E-state index is 11.9. The average Bonchev–Trinajstić information content (AvgIpc) is 2.29. The molecule has 0 saturated carbocycles. The molecule has 0 bridgehead atoms. The molecule has 94 valence electrons. The van der Waals surface area contributed by atoms with Gasteiger partial charge >= 0.3 is 0 Å². The molecule has 0 aliphatic carbocycles. The number of ether oxygens (including phenoxy) is 1. The van der Waals surface area contributed by atoms with Crippen molar-refractivity contribution < 1.29 is 9.53 Å². The normalized spacial score (nSPS) is 23.2. The van der Waals surface area contributed by atoms with E-state index in [1.165, 1.54) is 0 Å². The number of nitrogens with zero attached hydrogens (tertiary/aromatic N) is 1. The standard InChI is InChI=1S/C12H24N2O2/c1-3-5-10(13)8-12(15)14-7-4-6-11(9-14)16-2/h10-11H,3-9,13H2,1-2H3. The number of amides is 1. The molecule has 2 atom stereocenters. The number of nitrogens with two attached hydrogens (primary N) is 1. The lowest BCUT2D eigenvalue weighted by molar-refractivity contribution is -0.135. The SMILES string of the molecule is CCCC(N)CC(=O)N1CCCC(OC)C1. The van der Waals surface area contributed by atoms with E-state index in [1.54, 1.807) is 7.11 Å². The van der Waals surface area contributed by atoms with Gasteiger partial charge in [0.25, 0.3) is 0 Å². The van der Waals surface area contributed by atoms with Crippen LogP contribution in [0, 0.1) is 0 Å². The summed E-state index contributed by atoms with van der Waals surface area (Å²) in [7, 11) is 1.71. The van der Waals surface area contributed by atoms with E-state index in [0.29, 0.717) is 6.42 Å². The predicted molar refractivity (Wildman–Crippen MR) is 64.1 cm³/mol. The highest BCUT2D eigenvalue weighted by molar-refractivity contribution is 5.76. The summed E-state index contributed by atoms with van der Waals surface area (Å²) in [6.45, 7) is 3.68. The number of piperidine rings is 1. The molecule has 1 amide bonds. The Kier molecular flexibility index (Phi) is 5.77. The predicted octanol–water partition coefficient (Wildman–Crippen LogP) is 1.14. The molecule has 1 heterocycles. The van der Waals surface area contributed by atoms with Gasteiger partial charge in [-0.3, -0.25) is 4.79 Å². The smallest absolute Gasteiger partial charge is 0.224 e. The van der Waals surface area contributed by atoms with Crippen molar-refractivity contribution in [1.82, 2.24) is 4.90 Å². The van der Waals surface area contributed by atoms with Gasteiger partial charge in [-0.1, -0.05) is 13.3 Å². The molecule has 16 heavy (non-hydrogen) atoms. The van der Waals surface area contributed by atoms with Crippen LogP contribution in [0.15, 0.2) is 0 Å². The molecule has 2 unspecified atom stereocenters. The van der Waals surface area contributed by atoms with Gasteiger partial charge in [0.15, 0.2) is 0 Å². The summed E-state index contributed by atoms with van der Waals surface area (Å²) in [5.74, 6) is 0.183. The second kappa shape index (κ2) is 6.86. The lowest BCUT2D eigenvalue weighted by Gasteiger charge is -2.32. The van der Waals surface area contributed by atoms with Gasteiger partial charge in [-0.15, -0.1) is 0 Å². The molecule has 1 saturated heterocycles. The minimum Gasteiger partial charge on any atom is -0.380 e. The van der Waals surface area contributed by atoms with Crippen LogP contribution in [0.5, 0.6) is 0 Å². The Bertz CT molecular complexity index is 221. The third-order valence-corrected chi connectivity index (χ3v) is 3.16. The van der Waals surface area contributed by atoms with E-state index in [9.17, 15) is 4.79 Å². The van der Waals surface area contributed by atoms with Crippen molar-refractivity contribution in [2.75, 3.05) is 20.2 Å². The zero-order valence-corrected chi connectivity index (χ0v) is 10.4. The van der Waals surface area contributed by atoms with Crippen molar-refractivity contribution >= 4 is 5.91 Å². The van der Waals surface area contributed by atoms with Gasteiger partial charge in [0.2, 0.25) is 5.91 Å². The lowest BCUT2D eigenvalue weighted by Crippen LogP contribution is -2.44. The first-order valence-corrected chi connectivity index (χ1v) is 6.23. The fourth-order valence-corrected chi connectivity index (χ4v) is 2.18. The second-order valence-corrected chi connectivity index (χ2v) is 4.59. The van der Waals surface area contributed by atoms with Crippen LogP contribution in [0.1, 0.15) is 39.0 Å². The van der Waals surface area contributed by atoms with Gasteiger partial charge in [0.1, 0.15) is 0 Å². The van der Waals surface area contributed by atoms with Crippen LogP contribution < -0.4 is 5.73 Å². The summed E-state index contributed by atoms with van der Waals surface area (Å²) < 4.78 is 5.30. The number of rotatable bonds is 5. The number of hydrogen-bond acceptors (Lipinski definition) is 3. The van der Waals surface area contributed by atoms with E-state index in [1.807, 2.05) is 4.90 Å². The molecule has 1 aliphatic rings. The first-order chi connectivity index (χ1) is 7.67. The van der Waals surface area contributed by atoms with E-state index >= 15 is 0 Å². The Morgan fingerprint density at radius 2 is 2.38 bits per heavy atom. The molecular weight excluding hydrogens is 204 g/mol. The van der Waals surface area contributed by atoms with Crippen LogP contribution in [-0.4, -0.2) is 43.2 Å². The number of likely N-dealkylation sites (tertiary alicyclic amines) is 1. The molecule has 1 fully saturated rings. The molecule has 0 aromatic heterocycles. The van der Waals surface area contributed by atoms with E-state index in [0.717, 1.165) is 38.8 Å². The monoisotopic (exact) mass is 228 g/mol. The van der Waals surface area contributed by atoms with Gasteiger partial charge in [-0.2, -0.15) is 0 Å². The van der Waals surface area contributed by atoms with E-state index in [2.05, 4.69) is 6.92 Å². The average molecular weight is 228 g/mol. The Balaban J connectivity index is 2.35. The maximum Gasteiger partial charge on any atom is 0.224 e. The Labute approximate surface area is 98.1 Å². The quantitative estimate of drug-likeness (QED) is 0.767. The van der Waals surface area contributed by atoms with Gasteiger partial charge < -0.3 is 15.4 Å².